The van der Waals surface area contributed by atoms with Crippen molar-refractivity contribution in [3.05, 3.63) is 58.9 Å². The monoisotopic (exact) mass is 507 g/mol. The number of hydrogen-bond acceptors (Lipinski definition) is 6. The number of amides is 1. The molecule has 1 amide bonds. The Kier molecular flexibility index (Phi) is 7.16. The van der Waals surface area contributed by atoms with E-state index in [2.05, 4.69) is 45.2 Å². The Morgan fingerprint density at radius 3 is 2.58 bits per heavy atom. The van der Waals surface area contributed by atoms with Gasteiger partial charge in [0.15, 0.2) is 0 Å². The van der Waals surface area contributed by atoms with Gasteiger partial charge in [-0.05, 0) is 23.8 Å². The molecule has 9 heteroatoms. The molecule has 0 saturated carbocycles. The predicted molar refractivity (Wildman–Crippen MR) is 146 cm³/mol. The molecule has 1 aromatic carbocycles. The standard InChI is InChI=1S/C27H34ClN7O/c1-18(2)30-16-24(19-4-6-21(28)7-5-19)27(36)35-12-10-34(11-13-35)25-22-8-9-29-26(22)31-15-23(25)20-14-32-33(3)17-20/h4-9,14-15,18,20,24,30H,10-13,16-17H2,1-3H3,(H,29,31)/t20?,24-/m1/s1. The summed E-state index contributed by atoms with van der Waals surface area (Å²) in [6.45, 7) is 8.54. The van der Waals surface area contributed by atoms with Gasteiger partial charge in [-0.2, -0.15) is 5.10 Å². The number of aromatic nitrogens is 2. The fourth-order valence-corrected chi connectivity index (χ4v) is 5.28. The Bertz CT molecular complexity index is 1230. The highest BCUT2D eigenvalue weighted by molar-refractivity contribution is 6.30. The van der Waals surface area contributed by atoms with E-state index in [1.165, 1.54) is 11.3 Å². The second kappa shape index (κ2) is 10.5. The minimum absolute atomic E-state index is 0.163. The van der Waals surface area contributed by atoms with Crippen LogP contribution in [0.25, 0.3) is 11.0 Å². The van der Waals surface area contributed by atoms with Crippen LogP contribution in [-0.2, 0) is 4.79 Å². The zero-order valence-electron chi connectivity index (χ0n) is 21.1. The van der Waals surface area contributed by atoms with Crippen molar-refractivity contribution < 1.29 is 4.79 Å². The first-order valence-corrected chi connectivity index (χ1v) is 13.0. The van der Waals surface area contributed by atoms with Crippen LogP contribution in [0.1, 0.15) is 36.8 Å². The fraction of sp³-hybridized carbons (Fsp3) is 0.444. The molecule has 190 valence electrons. The summed E-state index contributed by atoms with van der Waals surface area (Å²) in [6, 6.07) is 10.1. The lowest BCUT2D eigenvalue weighted by atomic mass is 9.96. The molecule has 2 aliphatic heterocycles. The first-order valence-electron chi connectivity index (χ1n) is 12.6. The van der Waals surface area contributed by atoms with E-state index in [1.807, 2.05) is 59.8 Å². The van der Waals surface area contributed by atoms with E-state index < -0.39 is 0 Å². The van der Waals surface area contributed by atoms with Crippen LogP contribution in [0, 0.1) is 0 Å². The lowest BCUT2D eigenvalue weighted by molar-refractivity contribution is -0.133. The molecule has 3 aromatic rings. The number of pyridine rings is 1. The molecule has 2 aliphatic rings. The van der Waals surface area contributed by atoms with Gasteiger partial charge in [0.2, 0.25) is 5.91 Å². The number of carbonyl (C=O) groups is 1. The number of hydrogen-bond donors (Lipinski definition) is 2. The quantitative estimate of drug-likeness (QED) is 0.510. The lowest BCUT2D eigenvalue weighted by Crippen LogP contribution is -2.51. The molecule has 4 heterocycles. The number of H-pyrrole nitrogens is 1. The Morgan fingerprint density at radius 2 is 1.92 bits per heavy atom. The van der Waals surface area contributed by atoms with Crippen LogP contribution in [-0.4, -0.2) is 84.4 Å². The molecule has 2 atom stereocenters. The molecule has 5 rings (SSSR count). The van der Waals surface area contributed by atoms with Crippen molar-refractivity contribution in [3.8, 4) is 0 Å². The number of nitrogens with one attached hydrogen (secondary N) is 2. The molecule has 36 heavy (non-hydrogen) atoms. The van der Waals surface area contributed by atoms with Gasteiger partial charge in [-0.25, -0.2) is 4.98 Å². The van der Waals surface area contributed by atoms with Gasteiger partial charge in [-0.3, -0.25) is 9.80 Å². The van der Waals surface area contributed by atoms with E-state index in [4.69, 9.17) is 11.6 Å². The number of anilines is 1. The third-order valence-corrected chi connectivity index (χ3v) is 7.35. The van der Waals surface area contributed by atoms with Gasteiger partial charge in [-0.1, -0.05) is 37.6 Å². The van der Waals surface area contributed by atoms with E-state index >= 15 is 0 Å². The van der Waals surface area contributed by atoms with Crippen LogP contribution in [0.2, 0.25) is 5.02 Å². The smallest absolute Gasteiger partial charge is 0.231 e. The maximum absolute atomic E-state index is 13.7. The van der Waals surface area contributed by atoms with E-state index in [1.54, 1.807) is 0 Å². The molecule has 1 unspecified atom stereocenters. The highest BCUT2D eigenvalue weighted by atomic mass is 35.5. The molecule has 8 nitrogen and oxygen atoms in total. The Labute approximate surface area is 217 Å². The number of benzene rings is 1. The topological polar surface area (TPSA) is 79.9 Å². The first kappa shape index (κ1) is 24.6. The average molecular weight is 508 g/mol. The van der Waals surface area contributed by atoms with Gasteiger partial charge >= 0.3 is 0 Å². The largest absolute Gasteiger partial charge is 0.367 e. The summed E-state index contributed by atoms with van der Waals surface area (Å²) >= 11 is 6.11. The summed E-state index contributed by atoms with van der Waals surface area (Å²) in [6.07, 6.45) is 5.94. The molecular formula is C27H34ClN7O. The zero-order valence-corrected chi connectivity index (χ0v) is 21.9. The van der Waals surface area contributed by atoms with Gasteiger partial charge in [0.05, 0.1) is 11.6 Å². The van der Waals surface area contributed by atoms with Crippen LogP contribution in [0.15, 0.2) is 47.8 Å². The lowest BCUT2D eigenvalue weighted by Gasteiger charge is -2.39. The Hall–Kier alpha value is -3.10. The maximum Gasteiger partial charge on any atom is 0.231 e. The fourth-order valence-electron chi connectivity index (χ4n) is 5.15. The summed E-state index contributed by atoms with van der Waals surface area (Å²) in [5.41, 5.74) is 4.28. The summed E-state index contributed by atoms with van der Waals surface area (Å²) in [7, 11) is 1.99. The van der Waals surface area contributed by atoms with Crippen molar-refractivity contribution >= 4 is 40.4 Å². The van der Waals surface area contributed by atoms with E-state index in [0.29, 0.717) is 30.7 Å². The second-order valence-electron chi connectivity index (χ2n) is 9.99. The van der Waals surface area contributed by atoms with Gasteiger partial charge < -0.3 is 20.1 Å². The number of piperazine rings is 1. The minimum atomic E-state index is -0.241. The Balaban J connectivity index is 1.35. The van der Waals surface area contributed by atoms with E-state index in [-0.39, 0.29) is 17.7 Å². The molecule has 2 N–H and O–H groups in total. The minimum Gasteiger partial charge on any atom is -0.367 e. The molecule has 0 bridgehead atoms. The van der Waals surface area contributed by atoms with Crippen molar-refractivity contribution in [2.75, 3.05) is 51.2 Å². The van der Waals surface area contributed by atoms with Crippen LogP contribution in [0.4, 0.5) is 5.69 Å². The number of fused-ring (bicyclic) bond motifs is 1. The number of carbonyl (C=O) groups excluding carboxylic acids is 1. The van der Waals surface area contributed by atoms with Crippen LogP contribution >= 0.6 is 11.6 Å². The van der Waals surface area contributed by atoms with Gasteiger partial charge in [0, 0.05) is 92.9 Å². The van der Waals surface area contributed by atoms with Gasteiger partial charge in [-0.15, -0.1) is 0 Å². The predicted octanol–water partition coefficient (Wildman–Crippen LogP) is 3.66. The summed E-state index contributed by atoms with van der Waals surface area (Å²) in [5, 5.41) is 11.7. The summed E-state index contributed by atoms with van der Waals surface area (Å²) < 4.78 is 0. The molecule has 0 radical (unpaired) electrons. The molecule has 0 spiro atoms. The Morgan fingerprint density at radius 1 is 1.17 bits per heavy atom. The average Bonchev–Trinajstić information content (AvgIpc) is 3.53. The number of likely N-dealkylation sites (N-methyl/N-ethyl adjacent to an activating group) is 1. The van der Waals surface area contributed by atoms with E-state index in [0.717, 1.165) is 36.2 Å². The second-order valence-corrected chi connectivity index (χ2v) is 10.4. The van der Waals surface area contributed by atoms with Gasteiger partial charge in [0.25, 0.3) is 0 Å². The van der Waals surface area contributed by atoms with Crippen molar-refractivity contribution in [2.24, 2.45) is 5.10 Å². The van der Waals surface area contributed by atoms with Gasteiger partial charge in [0.1, 0.15) is 5.65 Å². The van der Waals surface area contributed by atoms with Crippen LogP contribution in [0.5, 0.6) is 0 Å². The molecule has 2 aromatic heterocycles. The van der Waals surface area contributed by atoms with Crippen LogP contribution in [0.3, 0.4) is 0 Å². The van der Waals surface area contributed by atoms with E-state index in [9.17, 15) is 4.79 Å². The van der Waals surface area contributed by atoms with Crippen molar-refractivity contribution in [1.29, 1.82) is 0 Å². The normalized spacial score (nSPS) is 19.0. The number of rotatable bonds is 7. The third-order valence-electron chi connectivity index (χ3n) is 7.10. The van der Waals surface area contributed by atoms with Crippen molar-refractivity contribution in [2.45, 2.75) is 31.7 Å². The molecule has 1 fully saturated rings. The number of nitrogens with zero attached hydrogens (tertiary/aromatic N) is 5. The highest BCUT2D eigenvalue weighted by Crippen LogP contribution is 2.36. The highest BCUT2D eigenvalue weighted by Gasteiger charge is 2.31. The SMILES string of the molecule is CC(C)NC[C@@H](C(=O)N1CCN(c2c(C3C=NN(C)C3)cnc3[nH]ccc23)CC1)c1ccc(Cl)cc1. The van der Waals surface area contributed by atoms with Crippen molar-refractivity contribution in [1.82, 2.24) is 25.2 Å². The number of aromatic amines is 1. The van der Waals surface area contributed by atoms with Crippen LogP contribution < -0.4 is 10.2 Å². The van der Waals surface area contributed by atoms with Crippen molar-refractivity contribution in [3.63, 3.8) is 0 Å². The summed E-state index contributed by atoms with van der Waals surface area (Å²) in [4.78, 5) is 26.1. The number of halogens is 1. The molecular weight excluding hydrogens is 474 g/mol. The summed E-state index contributed by atoms with van der Waals surface area (Å²) in [5.74, 6) is 0.124. The number of hydrazone groups is 1. The molecule has 1 saturated heterocycles. The maximum atomic E-state index is 13.7. The first-order chi connectivity index (χ1) is 17.4. The molecule has 0 aliphatic carbocycles. The third kappa shape index (κ3) is 5.06. The zero-order chi connectivity index (χ0) is 25.2.